The van der Waals surface area contributed by atoms with Gasteiger partial charge >= 0.3 is 12.6 Å². The van der Waals surface area contributed by atoms with Crippen molar-refractivity contribution in [1.82, 2.24) is 0 Å². The van der Waals surface area contributed by atoms with Crippen LogP contribution < -0.4 is 9.47 Å². The number of ether oxygens (including phenoxy) is 2. The Balaban J connectivity index is 1.61. The van der Waals surface area contributed by atoms with Gasteiger partial charge in [-0.25, -0.2) is 0 Å². The van der Waals surface area contributed by atoms with Crippen molar-refractivity contribution in [3.63, 3.8) is 0 Å². The molecule has 0 aromatic heterocycles. The molecule has 1 atom stereocenters. The van der Waals surface area contributed by atoms with E-state index in [2.05, 4.69) is 24.7 Å². The van der Waals surface area contributed by atoms with Crippen LogP contribution in [-0.4, -0.2) is 17.7 Å². The van der Waals surface area contributed by atoms with Gasteiger partial charge in [0, 0.05) is 6.42 Å². The number of rotatable bonds is 10. The molecule has 4 nitrogen and oxygen atoms in total. The molecule has 1 saturated carbocycles. The molecule has 190 valence electrons. The number of halogens is 2. The SMILES string of the molecule is CC1(C)CCCC1c1cc(COc2cccc(CCC(=O)O)c2)ccc1-c1cccc(OC(F)F)c1. The summed E-state index contributed by atoms with van der Waals surface area (Å²) >= 11 is 0. The molecule has 0 saturated heterocycles. The maximum Gasteiger partial charge on any atom is 0.387 e. The van der Waals surface area contributed by atoms with Gasteiger partial charge in [0.25, 0.3) is 0 Å². The highest BCUT2D eigenvalue weighted by atomic mass is 19.3. The van der Waals surface area contributed by atoms with Crippen LogP contribution in [-0.2, 0) is 17.8 Å². The van der Waals surface area contributed by atoms with Crippen LogP contribution >= 0.6 is 0 Å². The number of alkyl halides is 2. The average Bonchev–Trinajstić information content (AvgIpc) is 3.20. The third kappa shape index (κ3) is 6.42. The summed E-state index contributed by atoms with van der Waals surface area (Å²) in [5.41, 5.74) is 5.14. The summed E-state index contributed by atoms with van der Waals surface area (Å²) in [4.78, 5) is 10.9. The van der Waals surface area contributed by atoms with Crippen LogP contribution in [0, 0.1) is 5.41 Å². The highest BCUT2D eigenvalue weighted by molar-refractivity contribution is 5.70. The molecule has 1 aliphatic carbocycles. The van der Waals surface area contributed by atoms with Gasteiger partial charge in [-0.2, -0.15) is 8.78 Å². The van der Waals surface area contributed by atoms with Crippen LogP contribution in [0.3, 0.4) is 0 Å². The molecule has 6 heteroatoms. The fourth-order valence-corrected chi connectivity index (χ4v) is 5.20. The summed E-state index contributed by atoms with van der Waals surface area (Å²) < 4.78 is 36.3. The minimum Gasteiger partial charge on any atom is -0.489 e. The maximum atomic E-state index is 12.8. The first kappa shape index (κ1) is 25.7. The molecule has 0 aliphatic heterocycles. The third-order valence-corrected chi connectivity index (χ3v) is 7.05. The molecule has 1 N–H and O–H groups in total. The zero-order valence-corrected chi connectivity index (χ0v) is 20.7. The van der Waals surface area contributed by atoms with Gasteiger partial charge in [0.05, 0.1) is 0 Å². The zero-order valence-electron chi connectivity index (χ0n) is 20.7. The lowest BCUT2D eigenvalue weighted by Crippen LogP contribution is -2.16. The summed E-state index contributed by atoms with van der Waals surface area (Å²) in [6.45, 7) is 2.08. The van der Waals surface area contributed by atoms with Gasteiger partial charge in [-0.3, -0.25) is 4.79 Å². The molecule has 1 unspecified atom stereocenters. The number of carboxylic acid groups (broad SMARTS) is 1. The molecule has 1 fully saturated rings. The van der Waals surface area contributed by atoms with E-state index in [1.54, 1.807) is 18.2 Å². The number of benzene rings is 3. The summed E-state index contributed by atoms with van der Waals surface area (Å²) in [7, 11) is 0. The second kappa shape index (κ2) is 11.1. The molecule has 3 aromatic carbocycles. The highest BCUT2D eigenvalue weighted by Gasteiger charge is 2.36. The molecule has 0 radical (unpaired) electrons. The number of aliphatic carboxylic acids is 1. The predicted octanol–water partition coefficient (Wildman–Crippen LogP) is 7.84. The second-order valence-electron chi connectivity index (χ2n) is 10.1. The lowest BCUT2D eigenvalue weighted by molar-refractivity contribution is -0.136. The highest BCUT2D eigenvalue weighted by Crippen LogP contribution is 2.51. The third-order valence-electron chi connectivity index (χ3n) is 7.05. The lowest BCUT2D eigenvalue weighted by atomic mass is 9.75. The Labute approximate surface area is 210 Å². The van der Waals surface area contributed by atoms with Crippen molar-refractivity contribution in [3.05, 3.63) is 83.4 Å². The number of carbonyl (C=O) groups is 1. The average molecular weight is 495 g/mol. The van der Waals surface area contributed by atoms with Crippen LogP contribution in [0.5, 0.6) is 11.5 Å². The van der Waals surface area contributed by atoms with Crippen molar-refractivity contribution in [3.8, 4) is 22.6 Å². The number of carboxylic acids is 1. The fourth-order valence-electron chi connectivity index (χ4n) is 5.20. The van der Waals surface area contributed by atoms with Crippen LogP contribution in [0.15, 0.2) is 66.7 Å². The van der Waals surface area contributed by atoms with E-state index in [1.165, 1.54) is 5.56 Å². The standard InChI is InChI=1S/C30H32F2O4/c1-30(2)15-5-10-27(30)26-17-21(19-35-23-8-3-6-20(16-23)12-14-28(33)34)11-13-25(26)22-7-4-9-24(18-22)36-29(31)32/h3-4,6-9,11,13,16-18,27,29H,5,10,12,14-15,19H2,1-2H3,(H,33,34). The Morgan fingerprint density at radius 3 is 2.53 bits per heavy atom. The molecule has 1 aliphatic rings. The molecule has 0 amide bonds. The monoisotopic (exact) mass is 494 g/mol. The predicted molar refractivity (Wildman–Crippen MR) is 136 cm³/mol. The van der Waals surface area contributed by atoms with Crippen molar-refractivity contribution in [1.29, 1.82) is 0 Å². The number of hydrogen-bond donors (Lipinski definition) is 1. The van der Waals surface area contributed by atoms with Gasteiger partial charge < -0.3 is 14.6 Å². The van der Waals surface area contributed by atoms with Crippen molar-refractivity contribution in [2.75, 3.05) is 0 Å². The largest absolute Gasteiger partial charge is 0.489 e. The van der Waals surface area contributed by atoms with Gasteiger partial charge in [-0.05, 0) is 82.7 Å². The molecule has 0 bridgehead atoms. The van der Waals surface area contributed by atoms with Crippen molar-refractivity contribution < 1.29 is 28.2 Å². The van der Waals surface area contributed by atoms with Crippen molar-refractivity contribution in [2.24, 2.45) is 5.41 Å². The summed E-state index contributed by atoms with van der Waals surface area (Å²) in [5.74, 6) is 0.359. The van der Waals surface area contributed by atoms with E-state index in [0.717, 1.165) is 41.5 Å². The maximum absolute atomic E-state index is 12.8. The quantitative estimate of drug-likeness (QED) is 0.312. The van der Waals surface area contributed by atoms with Crippen molar-refractivity contribution >= 4 is 5.97 Å². The van der Waals surface area contributed by atoms with Gasteiger partial charge in [-0.1, -0.05) is 62.7 Å². The summed E-state index contributed by atoms with van der Waals surface area (Å²) in [6, 6.07) is 20.6. The normalized spacial score (nSPS) is 16.8. The van der Waals surface area contributed by atoms with E-state index in [1.807, 2.05) is 42.5 Å². The first-order valence-corrected chi connectivity index (χ1v) is 12.3. The zero-order chi connectivity index (χ0) is 25.7. The van der Waals surface area contributed by atoms with Crippen LogP contribution in [0.1, 0.15) is 62.1 Å². The summed E-state index contributed by atoms with van der Waals surface area (Å²) in [6.07, 6.45) is 3.89. The number of hydrogen-bond acceptors (Lipinski definition) is 3. The molecule has 36 heavy (non-hydrogen) atoms. The summed E-state index contributed by atoms with van der Waals surface area (Å²) in [5, 5.41) is 8.94. The fraction of sp³-hybridized carbons (Fsp3) is 0.367. The van der Waals surface area contributed by atoms with Gasteiger partial charge in [-0.15, -0.1) is 0 Å². The molecular weight excluding hydrogens is 462 g/mol. The van der Waals surface area contributed by atoms with Gasteiger partial charge in [0.2, 0.25) is 0 Å². The smallest absolute Gasteiger partial charge is 0.387 e. The molecule has 3 aromatic rings. The Hall–Kier alpha value is -3.41. The Kier molecular flexibility index (Phi) is 7.92. The lowest BCUT2D eigenvalue weighted by Gasteiger charge is -2.30. The van der Waals surface area contributed by atoms with E-state index in [-0.39, 0.29) is 17.6 Å². The van der Waals surface area contributed by atoms with Crippen LogP contribution in [0.2, 0.25) is 0 Å². The van der Waals surface area contributed by atoms with E-state index < -0.39 is 12.6 Å². The first-order chi connectivity index (χ1) is 17.2. The van der Waals surface area contributed by atoms with Crippen LogP contribution in [0.25, 0.3) is 11.1 Å². The molecule has 4 rings (SSSR count). The van der Waals surface area contributed by atoms with E-state index in [9.17, 15) is 13.6 Å². The van der Waals surface area contributed by atoms with E-state index >= 15 is 0 Å². The first-order valence-electron chi connectivity index (χ1n) is 12.3. The molecule has 0 spiro atoms. The molecular formula is C30H32F2O4. The topological polar surface area (TPSA) is 55.8 Å². The number of aryl methyl sites for hydroxylation is 1. The second-order valence-corrected chi connectivity index (χ2v) is 10.1. The van der Waals surface area contributed by atoms with E-state index in [4.69, 9.17) is 9.84 Å². The van der Waals surface area contributed by atoms with Crippen LogP contribution in [0.4, 0.5) is 8.78 Å². The molecule has 0 heterocycles. The Morgan fingerprint density at radius 1 is 1.03 bits per heavy atom. The van der Waals surface area contributed by atoms with Crippen molar-refractivity contribution in [2.45, 2.75) is 65.1 Å². The Bertz CT molecular complexity index is 1210. The Morgan fingerprint density at radius 2 is 1.81 bits per heavy atom. The van der Waals surface area contributed by atoms with E-state index in [0.29, 0.717) is 24.7 Å². The van der Waals surface area contributed by atoms with Gasteiger partial charge in [0.15, 0.2) is 0 Å². The minimum atomic E-state index is -2.87. The van der Waals surface area contributed by atoms with Gasteiger partial charge in [0.1, 0.15) is 18.1 Å². The minimum absolute atomic E-state index is 0.0784.